The average Bonchev–Trinajstić information content (AvgIpc) is 2.83. The van der Waals surface area contributed by atoms with E-state index in [-0.39, 0.29) is 23.8 Å². The number of anilines is 1. The Morgan fingerprint density at radius 3 is 1.87 bits per heavy atom. The Balaban J connectivity index is 1.42. The Bertz CT molecular complexity index is 948. The van der Waals surface area contributed by atoms with E-state index in [1.54, 1.807) is 6.07 Å². The molecule has 0 radical (unpaired) electrons. The molecule has 4 nitrogen and oxygen atoms in total. The highest BCUT2D eigenvalue weighted by molar-refractivity contribution is 5.82. The van der Waals surface area contributed by atoms with Crippen LogP contribution in [0.15, 0.2) is 84.9 Å². The average molecular weight is 418 g/mol. The lowest BCUT2D eigenvalue weighted by atomic mass is 9.98. The fourth-order valence-electron chi connectivity index (χ4n) is 4.14. The van der Waals surface area contributed by atoms with Crippen LogP contribution < -0.4 is 10.2 Å². The van der Waals surface area contributed by atoms with Crippen molar-refractivity contribution in [3.05, 3.63) is 102 Å². The second-order valence-corrected chi connectivity index (χ2v) is 7.91. The van der Waals surface area contributed by atoms with Crippen LogP contribution in [0.3, 0.4) is 0 Å². The summed E-state index contributed by atoms with van der Waals surface area (Å²) in [7, 11) is 0. The van der Waals surface area contributed by atoms with Crippen molar-refractivity contribution < 1.29 is 9.18 Å². The molecule has 0 saturated carbocycles. The van der Waals surface area contributed by atoms with E-state index >= 15 is 0 Å². The summed E-state index contributed by atoms with van der Waals surface area (Å²) in [6, 6.07) is 26.5. The highest BCUT2D eigenvalue weighted by Gasteiger charge is 2.28. The fourth-order valence-corrected chi connectivity index (χ4v) is 4.14. The van der Waals surface area contributed by atoms with Gasteiger partial charge in [0.1, 0.15) is 5.82 Å². The van der Waals surface area contributed by atoms with Crippen molar-refractivity contribution in [1.82, 2.24) is 10.2 Å². The number of halogens is 1. The summed E-state index contributed by atoms with van der Waals surface area (Å²) in [6.07, 6.45) is 0. The number of para-hydroxylation sites is 1. The molecule has 0 spiro atoms. The van der Waals surface area contributed by atoms with E-state index in [0.717, 1.165) is 11.1 Å². The molecule has 1 aliphatic heterocycles. The molecular weight excluding hydrogens is 389 g/mol. The number of piperazine rings is 1. The summed E-state index contributed by atoms with van der Waals surface area (Å²) in [5, 5.41) is 3.24. The number of amides is 1. The first-order valence-electron chi connectivity index (χ1n) is 10.8. The van der Waals surface area contributed by atoms with Crippen molar-refractivity contribution in [2.45, 2.75) is 19.0 Å². The predicted molar refractivity (Wildman–Crippen MR) is 123 cm³/mol. The minimum atomic E-state index is -0.266. The zero-order chi connectivity index (χ0) is 21.6. The summed E-state index contributed by atoms with van der Waals surface area (Å²) < 4.78 is 14.1. The molecule has 1 N–H and O–H groups in total. The van der Waals surface area contributed by atoms with Crippen molar-refractivity contribution in [2.75, 3.05) is 31.1 Å². The molecule has 1 unspecified atom stereocenters. The molecule has 31 heavy (non-hydrogen) atoms. The van der Waals surface area contributed by atoms with Gasteiger partial charge in [-0.15, -0.1) is 0 Å². The maximum atomic E-state index is 14.1. The fraction of sp³-hybridized carbons (Fsp3) is 0.269. The first-order chi connectivity index (χ1) is 15.1. The van der Waals surface area contributed by atoms with Gasteiger partial charge in [0.25, 0.3) is 0 Å². The molecule has 4 rings (SSSR count). The zero-order valence-corrected chi connectivity index (χ0v) is 17.7. The van der Waals surface area contributed by atoms with Crippen molar-refractivity contribution in [2.24, 2.45) is 0 Å². The largest absolute Gasteiger partial charge is 0.367 e. The highest BCUT2D eigenvalue weighted by atomic mass is 19.1. The quantitative estimate of drug-likeness (QED) is 0.652. The molecule has 1 saturated heterocycles. The number of nitrogens with zero attached hydrogens (tertiary/aromatic N) is 2. The van der Waals surface area contributed by atoms with Crippen LogP contribution in [0.5, 0.6) is 0 Å². The van der Waals surface area contributed by atoms with Gasteiger partial charge in [0, 0.05) is 26.2 Å². The van der Waals surface area contributed by atoms with Gasteiger partial charge in [0.15, 0.2) is 0 Å². The molecule has 0 aromatic heterocycles. The number of hydrogen-bond donors (Lipinski definition) is 1. The van der Waals surface area contributed by atoms with Crippen molar-refractivity contribution >= 4 is 11.6 Å². The Hall–Kier alpha value is -3.18. The lowest BCUT2D eigenvalue weighted by molar-refractivity contribution is -0.126. The summed E-state index contributed by atoms with van der Waals surface area (Å²) in [6.45, 7) is 4.76. The van der Waals surface area contributed by atoms with Gasteiger partial charge in [-0.05, 0) is 30.2 Å². The van der Waals surface area contributed by atoms with Crippen LogP contribution in [0.25, 0.3) is 0 Å². The molecule has 1 heterocycles. The van der Waals surface area contributed by atoms with E-state index in [4.69, 9.17) is 0 Å². The molecule has 5 heteroatoms. The third-order valence-electron chi connectivity index (χ3n) is 5.99. The normalized spacial score (nSPS) is 15.6. The van der Waals surface area contributed by atoms with Crippen LogP contribution in [0.2, 0.25) is 0 Å². The van der Waals surface area contributed by atoms with Crippen molar-refractivity contribution in [3.8, 4) is 0 Å². The molecule has 0 bridgehead atoms. The summed E-state index contributed by atoms with van der Waals surface area (Å²) in [4.78, 5) is 17.4. The maximum Gasteiger partial charge on any atom is 0.237 e. The molecule has 3 aromatic carbocycles. The van der Waals surface area contributed by atoms with E-state index in [2.05, 4.69) is 10.2 Å². The van der Waals surface area contributed by atoms with Gasteiger partial charge in [0.2, 0.25) is 5.91 Å². The SMILES string of the molecule is CC(C(=O)NC(c1ccccc1)c1ccccc1)N1CCN(c2ccccc2F)CC1. The first kappa shape index (κ1) is 21.1. The number of carbonyl (C=O) groups excluding carboxylic acids is 1. The lowest BCUT2D eigenvalue weighted by Gasteiger charge is -2.39. The standard InChI is InChI=1S/C26H28FN3O/c1-20(29-16-18-30(19-17-29)24-15-9-8-14-23(24)27)26(31)28-25(21-10-4-2-5-11-21)22-12-6-3-7-13-22/h2-15,20,25H,16-19H2,1H3,(H,28,31). The third kappa shape index (κ3) is 4.94. The Kier molecular flexibility index (Phi) is 6.63. The lowest BCUT2D eigenvalue weighted by Crippen LogP contribution is -2.54. The number of carbonyl (C=O) groups is 1. The maximum absolute atomic E-state index is 14.1. The molecule has 160 valence electrons. The molecule has 1 amide bonds. The number of benzene rings is 3. The van der Waals surface area contributed by atoms with Gasteiger partial charge in [-0.25, -0.2) is 4.39 Å². The van der Waals surface area contributed by atoms with Gasteiger partial charge >= 0.3 is 0 Å². The van der Waals surface area contributed by atoms with Gasteiger partial charge in [-0.3, -0.25) is 9.69 Å². The molecular formula is C26H28FN3O. The van der Waals surface area contributed by atoms with Crippen LogP contribution >= 0.6 is 0 Å². The molecule has 3 aromatic rings. The minimum absolute atomic E-state index is 0.00273. The smallest absolute Gasteiger partial charge is 0.237 e. The number of hydrogen-bond acceptors (Lipinski definition) is 3. The summed E-state index contributed by atoms with van der Waals surface area (Å²) in [5.74, 6) is -0.202. The highest BCUT2D eigenvalue weighted by Crippen LogP contribution is 2.23. The van der Waals surface area contributed by atoms with Crippen molar-refractivity contribution in [3.63, 3.8) is 0 Å². The minimum Gasteiger partial charge on any atom is -0.367 e. The van der Waals surface area contributed by atoms with E-state index < -0.39 is 0 Å². The first-order valence-corrected chi connectivity index (χ1v) is 10.8. The van der Waals surface area contributed by atoms with Gasteiger partial charge in [-0.1, -0.05) is 72.8 Å². The Morgan fingerprint density at radius 2 is 1.32 bits per heavy atom. The predicted octanol–water partition coefficient (Wildman–Crippen LogP) is 4.24. The zero-order valence-electron chi connectivity index (χ0n) is 17.7. The van der Waals surface area contributed by atoms with Crippen LogP contribution in [0, 0.1) is 5.82 Å². The number of rotatable bonds is 6. The van der Waals surface area contributed by atoms with E-state index in [1.165, 1.54) is 6.07 Å². The van der Waals surface area contributed by atoms with E-state index in [1.807, 2.05) is 84.6 Å². The third-order valence-corrected chi connectivity index (χ3v) is 5.99. The summed E-state index contributed by atoms with van der Waals surface area (Å²) in [5.41, 5.74) is 2.74. The second-order valence-electron chi connectivity index (χ2n) is 7.91. The summed E-state index contributed by atoms with van der Waals surface area (Å²) >= 11 is 0. The molecule has 1 aliphatic rings. The van der Waals surface area contributed by atoms with Crippen LogP contribution in [0.4, 0.5) is 10.1 Å². The Labute approximate surface area is 183 Å². The van der Waals surface area contributed by atoms with E-state index in [9.17, 15) is 9.18 Å². The van der Waals surface area contributed by atoms with Crippen molar-refractivity contribution in [1.29, 1.82) is 0 Å². The van der Waals surface area contributed by atoms with Crippen LogP contribution in [0.1, 0.15) is 24.1 Å². The molecule has 0 aliphatic carbocycles. The van der Waals surface area contributed by atoms with Gasteiger partial charge in [0.05, 0.1) is 17.8 Å². The van der Waals surface area contributed by atoms with Crippen LogP contribution in [-0.2, 0) is 4.79 Å². The van der Waals surface area contributed by atoms with Gasteiger partial charge < -0.3 is 10.2 Å². The number of nitrogens with one attached hydrogen (secondary N) is 1. The topological polar surface area (TPSA) is 35.6 Å². The second kappa shape index (κ2) is 9.75. The van der Waals surface area contributed by atoms with Gasteiger partial charge in [-0.2, -0.15) is 0 Å². The molecule has 1 atom stereocenters. The molecule has 1 fully saturated rings. The van der Waals surface area contributed by atoms with Crippen LogP contribution in [-0.4, -0.2) is 43.0 Å². The van der Waals surface area contributed by atoms with E-state index in [0.29, 0.717) is 31.9 Å². The Morgan fingerprint density at radius 1 is 0.806 bits per heavy atom. The monoisotopic (exact) mass is 417 g/mol.